The lowest BCUT2D eigenvalue weighted by Gasteiger charge is -2.11. The van der Waals surface area contributed by atoms with E-state index in [0.29, 0.717) is 34.3 Å². The molecule has 0 saturated carbocycles. The molecule has 3 amide bonds. The Morgan fingerprint density at radius 3 is 1.81 bits per heavy atom. The molecule has 10 nitrogen and oxygen atoms in total. The quantitative estimate of drug-likeness (QED) is 0.330. The number of esters is 1. The first kappa shape index (κ1) is 26.7. The molecule has 0 aromatic heterocycles. The number of carbonyl (C=O) groups excluding carboxylic acids is 4. The highest BCUT2D eigenvalue weighted by Gasteiger charge is 2.12. The molecule has 10 heteroatoms. The molecule has 37 heavy (non-hydrogen) atoms. The van der Waals surface area contributed by atoms with Crippen LogP contribution in [-0.2, 0) is 23.9 Å². The van der Waals surface area contributed by atoms with Crippen molar-refractivity contribution in [2.24, 2.45) is 0 Å². The second-order valence-corrected chi connectivity index (χ2v) is 7.79. The van der Waals surface area contributed by atoms with Crippen molar-refractivity contribution in [1.29, 1.82) is 0 Å². The molecule has 0 spiro atoms. The molecule has 3 aromatic rings. The van der Waals surface area contributed by atoms with Gasteiger partial charge in [0.15, 0.2) is 18.1 Å². The van der Waals surface area contributed by atoms with Crippen molar-refractivity contribution in [2.75, 3.05) is 29.7 Å². The first-order chi connectivity index (χ1) is 17.8. The molecule has 0 bridgehead atoms. The van der Waals surface area contributed by atoms with E-state index in [1.165, 1.54) is 6.92 Å². The number of amides is 3. The van der Waals surface area contributed by atoms with Crippen LogP contribution in [0.5, 0.6) is 17.2 Å². The predicted octanol–water partition coefficient (Wildman–Crippen LogP) is 4.35. The number of ether oxygens (including phenoxy) is 3. The molecule has 0 fully saturated rings. The van der Waals surface area contributed by atoms with E-state index >= 15 is 0 Å². The van der Waals surface area contributed by atoms with E-state index in [1.54, 1.807) is 67.8 Å². The maximum Gasteiger partial charge on any atom is 0.306 e. The van der Waals surface area contributed by atoms with E-state index in [9.17, 15) is 19.2 Å². The molecule has 0 aliphatic rings. The summed E-state index contributed by atoms with van der Waals surface area (Å²) in [7, 11) is 1.56. The SMILES string of the molecule is COc1ccccc1Oc1ccc(NC(=O)CCC(=O)OCC(=O)Nc2ccc(NC(C)=O)cc2)cc1. The van der Waals surface area contributed by atoms with E-state index in [2.05, 4.69) is 16.0 Å². The van der Waals surface area contributed by atoms with Crippen LogP contribution in [0.2, 0.25) is 0 Å². The third kappa shape index (κ3) is 9.02. The third-order valence-corrected chi connectivity index (χ3v) is 4.84. The minimum atomic E-state index is -0.674. The first-order valence-corrected chi connectivity index (χ1v) is 11.4. The molecule has 3 N–H and O–H groups in total. The first-order valence-electron chi connectivity index (χ1n) is 11.4. The van der Waals surface area contributed by atoms with Gasteiger partial charge in [-0.05, 0) is 60.7 Å². The van der Waals surface area contributed by atoms with Crippen molar-refractivity contribution in [3.63, 3.8) is 0 Å². The van der Waals surface area contributed by atoms with E-state index in [-0.39, 0.29) is 24.7 Å². The molecule has 192 valence electrons. The summed E-state index contributed by atoms with van der Waals surface area (Å²) in [6, 6.07) is 20.4. The lowest BCUT2D eigenvalue weighted by molar-refractivity contribution is -0.147. The lowest BCUT2D eigenvalue weighted by atomic mass is 10.2. The molecular formula is C27H27N3O7. The standard InChI is InChI=1S/C27H27N3O7/c1-18(31)28-19-7-9-20(10-8-19)30-26(33)17-36-27(34)16-15-25(32)29-21-11-13-22(14-12-21)37-24-6-4-3-5-23(24)35-2/h3-14H,15-17H2,1-2H3,(H,28,31)(H,29,32)(H,30,33). The highest BCUT2D eigenvalue weighted by Crippen LogP contribution is 2.31. The van der Waals surface area contributed by atoms with Gasteiger partial charge in [0.1, 0.15) is 5.75 Å². The van der Waals surface area contributed by atoms with Crippen molar-refractivity contribution in [3.05, 3.63) is 72.8 Å². The monoisotopic (exact) mass is 505 g/mol. The molecular weight excluding hydrogens is 478 g/mol. The van der Waals surface area contributed by atoms with E-state index in [0.717, 1.165) is 0 Å². The van der Waals surface area contributed by atoms with Crippen LogP contribution in [0.15, 0.2) is 72.8 Å². The Morgan fingerprint density at radius 1 is 0.676 bits per heavy atom. The molecule has 0 aliphatic carbocycles. The number of carbonyl (C=O) groups is 4. The van der Waals surface area contributed by atoms with Crippen LogP contribution in [0.4, 0.5) is 17.1 Å². The Balaban J connectivity index is 1.36. The van der Waals surface area contributed by atoms with E-state index < -0.39 is 18.5 Å². The van der Waals surface area contributed by atoms with Crippen molar-refractivity contribution >= 4 is 40.8 Å². The van der Waals surface area contributed by atoms with Gasteiger partial charge in [0, 0.05) is 30.4 Å². The van der Waals surface area contributed by atoms with Gasteiger partial charge in [-0.3, -0.25) is 19.2 Å². The van der Waals surface area contributed by atoms with Gasteiger partial charge in [-0.15, -0.1) is 0 Å². The zero-order chi connectivity index (χ0) is 26.6. The Labute approximate surface area is 213 Å². The second kappa shape index (κ2) is 13.3. The number of nitrogens with one attached hydrogen (secondary N) is 3. The number of benzene rings is 3. The molecule has 0 unspecified atom stereocenters. The van der Waals surface area contributed by atoms with Crippen LogP contribution < -0.4 is 25.4 Å². The normalized spacial score (nSPS) is 10.1. The van der Waals surface area contributed by atoms with Gasteiger partial charge >= 0.3 is 5.97 Å². The number of hydrogen-bond donors (Lipinski definition) is 3. The zero-order valence-corrected chi connectivity index (χ0v) is 20.4. The Hall–Kier alpha value is -4.86. The number of anilines is 3. The average molecular weight is 506 g/mol. The summed E-state index contributed by atoms with van der Waals surface area (Å²) in [5.74, 6) is -0.0556. The fraction of sp³-hybridized carbons (Fsp3) is 0.185. The fourth-order valence-corrected chi connectivity index (χ4v) is 3.13. The van der Waals surface area contributed by atoms with Crippen LogP contribution in [0.1, 0.15) is 19.8 Å². The number of para-hydroxylation sites is 2. The Bertz CT molecular complexity index is 1240. The maximum absolute atomic E-state index is 12.2. The third-order valence-electron chi connectivity index (χ3n) is 4.84. The highest BCUT2D eigenvalue weighted by atomic mass is 16.5. The summed E-state index contributed by atoms with van der Waals surface area (Å²) >= 11 is 0. The highest BCUT2D eigenvalue weighted by molar-refractivity contribution is 5.95. The van der Waals surface area contributed by atoms with Crippen LogP contribution in [0.25, 0.3) is 0 Å². The minimum Gasteiger partial charge on any atom is -0.493 e. The predicted molar refractivity (Wildman–Crippen MR) is 138 cm³/mol. The molecule has 0 atom stereocenters. The van der Waals surface area contributed by atoms with E-state index in [4.69, 9.17) is 14.2 Å². The fourth-order valence-electron chi connectivity index (χ4n) is 3.13. The van der Waals surface area contributed by atoms with Crippen LogP contribution >= 0.6 is 0 Å². The molecule has 3 rings (SSSR count). The summed E-state index contributed by atoms with van der Waals surface area (Å²) < 4.78 is 16.0. The number of methoxy groups -OCH3 is 1. The second-order valence-electron chi connectivity index (χ2n) is 7.79. The molecule has 0 saturated heterocycles. The Kier molecular flexibility index (Phi) is 9.60. The van der Waals surface area contributed by atoms with Crippen LogP contribution in [0.3, 0.4) is 0 Å². The average Bonchev–Trinajstić information content (AvgIpc) is 2.88. The van der Waals surface area contributed by atoms with Gasteiger partial charge in [0.05, 0.1) is 13.5 Å². The largest absolute Gasteiger partial charge is 0.493 e. The van der Waals surface area contributed by atoms with Crippen molar-refractivity contribution in [2.45, 2.75) is 19.8 Å². The zero-order valence-electron chi connectivity index (χ0n) is 20.4. The van der Waals surface area contributed by atoms with Crippen LogP contribution in [0, 0.1) is 0 Å². The summed E-state index contributed by atoms with van der Waals surface area (Å²) in [6.45, 7) is 0.910. The smallest absolute Gasteiger partial charge is 0.306 e. The lowest BCUT2D eigenvalue weighted by Crippen LogP contribution is -2.21. The molecule has 0 heterocycles. The summed E-state index contributed by atoms with van der Waals surface area (Å²) in [5, 5.41) is 7.88. The molecule has 3 aromatic carbocycles. The summed E-state index contributed by atoms with van der Waals surface area (Å²) in [6.07, 6.45) is -0.288. The number of rotatable bonds is 11. The van der Waals surface area contributed by atoms with Gasteiger partial charge in [-0.25, -0.2) is 0 Å². The summed E-state index contributed by atoms with van der Waals surface area (Å²) in [5.41, 5.74) is 1.61. The van der Waals surface area contributed by atoms with Crippen molar-refractivity contribution in [3.8, 4) is 17.2 Å². The van der Waals surface area contributed by atoms with Gasteiger partial charge < -0.3 is 30.2 Å². The van der Waals surface area contributed by atoms with Gasteiger partial charge in [-0.1, -0.05) is 12.1 Å². The van der Waals surface area contributed by atoms with Crippen molar-refractivity contribution in [1.82, 2.24) is 0 Å². The molecule has 0 aliphatic heterocycles. The van der Waals surface area contributed by atoms with Gasteiger partial charge in [0.2, 0.25) is 11.8 Å². The number of hydrogen-bond acceptors (Lipinski definition) is 7. The topological polar surface area (TPSA) is 132 Å². The summed E-state index contributed by atoms with van der Waals surface area (Å²) in [4.78, 5) is 47.1. The minimum absolute atomic E-state index is 0.107. The van der Waals surface area contributed by atoms with E-state index in [1.807, 2.05) is 12.1 Å². The van der Waals surface area contributed by atoms with Gasteiger partial charge in [-0.2, -0.15) is 0 Å². The van der Waals surface area contributed by atoms with Crippen molar-refractivity contribution < 1.29 is 33.4 Å². The van der Waals surface area contributed by atoms with Gasteiger partial charge in [0.25, 0.3) is 5.91 Å². The molecule has 0 radical (unpaired) electrons. The maximum atomic E-state index is 12.2. The Morgan fingerprint density at radius 2 is 1.22 bits per heavy atom. The van der Waals surface area contributed by atoms with Crippen LogP contribution in [-0.4, -0.2) is 37.4 Å².